The molecule has 124 valence electrons. The summed E-state index contributed by atoms with van der Waals surface area (Å²) >= 11 is 0. The fourth-order valence-corrected chi connectivity index (χ4v) is 2.12. The van der Waals surface area contributed by atoms with Gasteiger partial charge in [0.1, 0.15) is 0 Å². The van der Waals surface area contributed by atoms with Gasteiger partial charge in [-0.25, -0.2) is 4.98 Å². The maximum absolute atomic E-state index is 12.3. The number of nitrogens with zero attached hydrogens (tertiary/aromatic N) is 3. The highest BCUT2D eigenvalue weighted by Crippen LogP contribution is 2.31. The molecular weight excluding hydrogens is 314 g/mol. The number of aromatic nitrogens is 4. The number of imidazole rings is 1. The minimum atomic E-state index is -0.441. The van der Waals surface area contributed by atoms with Crippen molar-refractivity contribution in [3.63, 3.8) is 0 Å². The molecule has 0 saturated heterocycles. The molecule has 3 aromatic rings. The Morgan fingerprint density at radius 2 is 1.79 bits per heavy atom. The van der Waals surface area contributed by atoms with Crippen LogP contribution in [0.2, 0.25) is 0 Å². The van der Waals surface area contributed by atoms with Crippen molar-refractivity contribution in [1.29, 1.82) is 0 Å². The Morgan fingerprint density at radius 1 is 1.04 bits per heavy atom. The molecule has 0 fully saturated rings. The number of nitrogens with one attached hydrogen (secondary N) is 2. The van der Waals surface area contributed by atoms with Crippen LogP contribution in [0, 0.1) is 0 Å². The first kappa shape index (κ1) is 15.5. The molecule has 0 saturated carbocycles. The molecule has 0 aliphatic carbocycles. The number of benzene rings is 1. The highest BCUT2D eigenvalue weighted by atomic mass is 16.5. The monoisotopic (exact) mass is 329 g/mol. The van der Waals surface area contributed by atoms with E-state index in [2.05, 4.69) is 25.5 Å². The highest BCUT2D eigenvalue weighted by molar-refractivity contribution is 6.03. The summed E-state index contributed by atoms with van der Waals surface area (Å²) in [6.45, 7) is 0. The van der Waals surface area contributed by atoms with E-state index >= 15 is 0 Å². The fraction of sp³-hybridized carbons (Fsp3) is 0.200. The highest BCUT2D eigenvalue weighted by Gasteiger charge is 2.15. The van der Waals surface area contributed by atoms with E-state index in [0.717, 1.165) is 0 Å². The summed E-state index contributed by atoms with van der Waals surface area (Å²) in [5.41, 5.74) is 1.23. The number of aromatic amines is 1. The largest absolute Gasteiger partial charge is 0.493 e. The molecular formula is C15H15N5O4. The van der Waals surface area contributed by atoms with E-state index in [0.29, 0.717) is 28.4 Å². The second-order valence-corrected chi connectivity index (χ2v) is 4.72. The van der Waals surface area contributed by atoms with Crippen LogP contribution in [0.25, 0.3) is 11.0 Å². The molecule has 0 aliphatic rings. The molecule has 3 rings (SSSR count). The van der Waals surface area contributed by atoms with Crippen molar-refractivity contribution in [2.75, 3.05) is 26.6 Å². The number of carbonyl (C=O) groups is 1. The van der Waals surface area contributed by atoms with Crippen molar-refractivity contribution in [2.24, 2.45) is 0 Å². The number of carbonyl (C=O) groups excluding carboxylic acids is 1. The van der Waals surface area contributed by atoms with Gasteiger partial charge in [-0.15, -0.1) is 10.2 Å². The molecule has 9 nitrogen and oxygen atoms in total. The summed E-state index contributed by atoms with van der Waals surface area (Å²) in [6.07, 6.45) is 0. The van der Waals surface area contributed by atoms with Crippen molar-refractivity contribution in [3.05, 3.63) is 30.1 Å². The number of anilines is 1. The Morgan fingerprint density at radius 3 is 2.42 bits per heavy atom. The van der Waals surface area contributed by atoms with Crippen LogP contribution in [0.5, 0.6) is 17.4 Å². The second-order valence-electron chi connectivity index (χ2n) is 4.72. The molecule has 24 heavy (non-hydrogen) atoms. The van der Waals surface area contributed by atoms with Crippen LogP contribution in [-0.4, -0.2) is 47.4 Å². The Hall–Kier alpha value is -3.36. The third kappa shape index (κ3) is 2.91. The summed E-state index contributed by atoms with van der Waals surface area (Å²) in [5, 5.41) is 10.2. The van der Waals surface area contributed by atoms with Gasteiger partial charge in [0.25, 0.3) is 5.91 Å². The second kappa shape index (κ2) is 6.41. The maximum Gasteiger partial charge on any atom is 0.292 e. The molecule has 2 aromatic heterocycles. The minimum absolute atomic E-state index is 0.137. The van der Waals surface area contributed by atoms with E-state index in [-0.39, 0.29) is 11.6 Å². The van der Waals surface area contributed by atoms with Crippen LogP contribution >= 0.6 is 0 Å². The summed E-state index contributed by atoms with van der Waals surface area (Å²) in [6, 6.07) is 6.58. The maximum atomic E-state index is 12.3. The topological polar surface area (TPSA) is 111 Å². The molecule has 2 heterocycles. The lowest BCUT2D eigenvalue weighted by Crippen LogP contribution is -2.15. The number of methoxy groups -OCH3 is 3. The van der Waals surface area contributed by atoms with Gasteiger partial charge in [-0.3, -0.25) is 4.79 Å². The van der Waals surface area contributed by atoms with Crippen molar-refractivity contribution >= 4 is 22.8 Å². The lowest BCUT2D eigenvalue weighted by Gasteiger charge is -2.06. The molecule has 0 spiro atoms. The van der Waals surface area contributed by atoms with E-state index in [1.165, 1.54) is 21.3 Å². The van der Waals surface area contributed by atoms with Crippen LogP contribution in [-0.2, 0) is 0 Å². The van der Waals surface area contributed by atoms with Crippen molar-refractivity contribution < 1.29 is 19.0 Å². The first-order valence-corrected chi connectivity index (χ1v) is 6.95. The molecule has 1 amide bonds. The van der Waals surface area contributed by atoms with Gasteiger partial charge in [0, 0.05) is 18.2 Å². The van der Waals surface area contributed by atoms with Gasteiger partial charge in [0.2, 0.25) is 5.88 Å². The molecule has 1 aromatic carbocycles. The predicted octanol–water partition coefficient (Wildman–Crippen LogP) is 1.63. The number of amides is 1. The van der Waals surface area contributed by atoms with Gasteiger partial charge in [-0.1, -0.05) is 0 Å². The molecule has 0 unspecified atom stereocenters. The van der Waals surface area contributed by atoms with Gasteiger partial charge < -0.3 is 24.5 Å². The first-order valence-electron chi connectivity index (χ1n) is 6.95. The molecule has 2 N–H and O–H groups in total. The van der Waals surface area contributed by atoms with Crippen molar-refractivity contribution in [2.45, 2.75) is 0 Å². The third-order valence-electron chi connectivity index (χ3n) is 3.29. The van der Waals surface area contributed by atoms with E-state index in [9.17, 15) is 4.79 Å². The quantitative estimate of drug-likeness (QED) is 0.731. The van der Waals surface area contributed by atoms with Gasteiger partial charge >= 0.3 is 0 Å². The number of hydrogen-bond acceptors (Lipinski definition) is 7. The smallest absolute Gasteiger partial charge is 0.292 e. The summed E-state index contributed by atoms with van der Waals surface area (Å²) in [4.78, 5) is 19.5. The number of fused-ring (bicyclic) bond motifs is 1. The Labute approximate surface area is 137 Å². The Balaban J connectivity index is 1.86. The number of ether oxygens (including phenoxy) is 3. The zero-order valence-electron chi connectivity index (χ0n) is 13.3. The fourth-order valence-electron chi connectivity index (χ4n) is 2.12. The van der Waals surface area contributed by atoms with Crippen molar-refractivity contribution in [3.8, 4) is 17.4 Å². The normalized spacial score (nSPS) is 10.5. The van der Waals surface area contributed by atoms with E-state index in [1.807, 2.05) is 0 Å². The Kier molecular flexibility index (Phi) is 4.15. The number of hydrogen-bond donors (Lipinski definition) is 2. The summed E-state index contributed by atoms with van der Waals surface area (Å²) < 4.78 is 15.4. The molecule has 9 heteroatoms. The van der Waals surface area contributed by atoms with Crippen molar-refractivity contribution in [1.82, 2.24) is 20.2 Å². The van der Waals surface area contributed by atoms with Gasteiger partial charge in [-0.05, 0) is 6.07 Å². The summed E-state index contributed by atoms with van der Waals surface area (Å²) in [7, 11) is 4.56. The number of rotatable bonds is 5. The lowest BCUT2D eigenvalue weighted by atomic mass is 10.3. The third-order valence-corrected chi connectivity index (χ3v) is 3.29. The molecule has 0 bridgehead atoms. The zero-order chi connectivity index (χ0) is 17.1. The van der Waals surface area contributed by atoms with Gasteiger partial charge in [0.05, 0.1) is 32.4 Å². The first-order chi connectivity index (χ1) is 11.6. The van der Waals surface area contributed by atoms with E-state index in [4.69, 9.17) is 14.2 Å². The van der Waals surface area contributed by atoms with E-state index < -0.39 is 5.91 Å². The van der Waals surface area contributed by atoms with Crippen LogP contribution in [0.1, 0.15) is 10.6 Å². The van der Waals surface area contributed by atoms with Gasteiger partial charge in [-0.2, -0.15) is 0 Å². The lowest BCUT2D eigenvalue weighted by molar-refractivity contribution is 0.101. The SMILES string of the molecule is COc1ccc(NC(=O)c2nc3cc(OC)c(OC)cc3[nH]2)nn1. The van der Waals surface area contributed by atoms with Gasteiger partial charge in [0.15, 0.2) is 23.1 Å². The summed E-state index contributed by atoms with van der Waals surface area (Å²) in [5.74, 6) is 1.42. The van der Waals surface area contributed by atoms with Crippen LogP contribution in [0.3, 0.4) is 0 Å². The molecule has 0 aliphatic heterocycles. The predicted molar refractivity (Wildman–Crippen MR) is 85.7 cm³/mol. The Bertz CT molecular complexity index is 834. The van der Waals surface area contributed by atoms with E-state index in [1.54, 1.807) is 24.3 Å². The van der Waals surface area contributed by atoms with Crippen LogP contribution < -0.4 is 19.5 Å². The molecule has 0 atom stereocenters. The standard InChI is InChI=1S/C15H15N5O4/c1-22-10-6-8-9(7-11(10)23-2)17-14(16-8)15(21)18-12-4-5-13(24-3)20-19-12/h4-7H,1-3H3,(H,16,17)(H,18,19,21). The average Bonchev–Trinajstić information content (AvgIpc) is 3.04. The zero-order valence-corrected chi connectivity index (χ0v) is 13.3. The minimum Gasteiger partial charge on any atom is -0.493 e. The van der Waals surface area contributed by atoms with Crippen LogP contribution in [0.15, 0.2) is 24.3 Å². The van der Waals surface area contributed by atoms with Crippen LogP contribution in [0.4, 0.5) is 5.82 Å². The molecule has 0 radical (unpaired) electrons. The average molecular weight is 329 g/mol. The number of H-pyrrole nitrogens is 1.